The quantitative estimate of drug-likeness (QED) is 0.593. The Kier molecular flexibility index (Phi) is 8.06. The van der Waals surface area contributed by atoms with E-state index in [2.05, 4.69) is 10.0 Å². The van der Waals surface area contributed by atoms with E-state index in [-0.39, 0.29) is 31.3 Å². The van der Waals surface area contributed by atoms with Crippen LogP contribution in [0, 0.1) is 17.5 Å². The normalized spacial score (nSPS) is 14.8. The first-order valence-corrected chi connectivity index (χ1v) is 11.6. The zero-order valence-electron chi connectivity index (χ0n) is 17.6. The monoisotopic (exact) mass is 484 g/mol. The summed E-state index contributed by atoms with van der Waals surface area (Å²) in [4.78, 5) is 27.5. The predicted molar refractivity (Wildman–Crippen MR) is 114 cm³/mol. The highest BCUT2D eigenvalue weighted by molar-refractivity contribution is 7.89. The molecule has 0 bridgehead atoms. The summed E-state index contributed by atoms with van der Waals surface area (Å²) < 4.78 is 66.0. The van der Waals surface area contributed by atoms with E-state index in [0.717, 1.165) is 6.07 Å². The van der Waals surface area contributed by atoms with Gasteiger partial charge in [0.25, 0.3) is 0 Å². The number of nitrogens with one attached hydrogen (secondary N) is 2. The van der Waals surface area contributed by atoms with Crippen LogP contribution < -0.4 is 10.0 Å². The van der Waals surface area contributed by atoms with Crippen LogP contribution in [-0.4, -0.2) is 69.3 Å². The molecule has 0 radical (unpaired) electrons. The minimum absolute atomic E-state index is 0.0899. The predicted octanol–water partition coefficient (Wildman–Crippen LogP) is 1.56. The van der Waals surface area contributed by atoms with Crippen LogP contribution in [0.25, 0.3) is 0 Å². The van der Waals surface area contributed by atoms with Crippen molar-refractivity contribution in [2.45, 2.75) is 11.3 Å². The Balaban J connectivity index is 1.40. The molecule has 0 aliphatic carbocycles. The molecule has 0 unspecified atom stereocenters. The molecule has 8 nitrogen and oxygen atoms in total. The summed E-state index contributed by atoms with van der Waals surface area (Å²) in [5, 5.41) is 2.62. The highest BCUT2D eigenvalue weighted by atomic mass is 32.2. The Morgan fingerprint density at radius 3 is 2.33 bits per heavy atom. The molecule has 1 fully saturated rings. The van der Waals surface area contributed by atoms with Crippen LogP contribution in [-0.2, 0) is 19.6 Å². The number of anilines is 1. The summed E-state index contributed by atoms with van der Waals surface area (Å²) in [5.41, 5.74) is 0.361. The van der Waals surface area contributed by atoms with Gasteiger partial charge in [-0.25, -0.2) is 26.3 Å². The molecule has 3 rings (SSSR count). The number of sulfonamides is 1. The van der Waals surface area contributed by atoms with Crippen LogP contribution in [0.2, 0.25) is 0 Å². The second-order valence-corrected chi connectivity index (χ2v) is 9.21. The maximum atomic E-state index is 13.3. The van der Waals surface area contributed by atoms with Crippen molar-refractivity contribution in [3.05, 3.63) is 59.9 Å². The van der Waals surface area contributed by atoms with Crippen LogP contribution in [0.3, 0.4) is 0 Å². The van der Waals surface area contributed by atoms with Crippen LogP contribution in [0.5, 0.6) is 0 Å². The van der Waals surface area contributed by atoms with E-state index in [0.29, 0.717) is 44.0 Å². The molecule has 2 N–H and O–H groups in total. The summed E-state index contributed by atoms with van der Waals surface area (Å²) in [7, 11) is -4.08. The largest absolute Gasteiger partial charge is 0.340 e. The second kappa shape index (κ2) is 10.8. The lowest BCUT2D eigenvalue weighted by atomic mass is 10.2. The van der Waals surface area contributed by atoms with Gasteiger partial charge in [0.05, 0.1) is 11.4 Å². The van der Waals surface area contributed by atoms with Crippen LogP contribution in [0.1, 0.15) is 6.42 Å². The van der Waals surface area contributed by atoms with Gasteiger partial charge in [0.2, 0.25) is 21.8 Å². The number of carbonyl (C=O) groups excluding carboxylic acids is 2. The summed E-state index contributed by atoms with van der Waals surface area (Å²) in [6, 6.07) is 7.79. The molecule has 2 aromatic carbocycles. The molecule has 1 saturated heterocycles. The van der Waals surface area contributed by atoms with Gasteiger partial charge >= 0.3 is 0 Å². The van der Waals surface area contributed by atoms with E-state index in [9.17, 15) is 31.2 Å². The van der Waals surface area contributed by atoms with E-state index in [1.54, 1.807) is 11.0 Å². The van der Waals surface area contributed by atoms with Gasteiger partial charge in [-0.3, -0.25) is 14.5 Å². The molecule has 178 valence electrons. The Labute approximate surface area is 189 Å². The smallest absolute Gasteiger partial charge is 0.240 e. The van der Waals surface area contributed by atoms with Crippen molar-refractivity contribution in [1.29, 1.82) is 0 Å². The lowest BCUT2D eigenvalue weighted by molar-refractivity contribution is -0.132. The molecule has 0 saturated carbocycles. The number of benzene rings is 2. The van der Waals surface area contributed by atoms with Gasteiger partial charge in [0, 0.05) is 44.8 Å². The van der Waals surface area contributed by atoms with Gasteiger partial charge in [0.15, 0.2) is 11.6 Å². The van der Waals surface area contributed by atoms with Gasteiger partial charge in [-0.05, 0) is 36.4 Å². The van der Waals surface area contributed by atoms with Crippen molar-refractivity contribution < 1.29 is 31.2 Å². The fraction of sp³-hybridized carbons (Fsp3) is 0.333. The first-order chi connectivity index (χ1) is 15.6. The third-order valence-electron chi connectivity index (χ3n) is 5.03. The number of amides is 2. The number of nitrogens with zero attached hydrogens (tertiary/aromatic N) is 2. The highest BCUT2D eigenvalue weighted by Gasteiger charge is 2.23. The van der Waals surface area contributed by atoms with E-state index in [4.69, 9.17) is 0 Å². The fourth-order valence-electron chi connectivity index (χ4n) is 3.30. The molecular weight excluding hydrogens is 461 g/mol. The van der Waals surface area contributed by atoms with Gasteiger partial charge in [0.1, 0.15) is 5.82 Å². The van der Waals surface area contributed by atoms with Crippen LogP contribution in [0.4, 0.5) is 18.9 Å². The third kappa shape index (κ3) is 7.01. The Morgan fingerprint density at radius 2 is 1.67 bits per heavy atom. The summed E-state index contributed by atoms with van der Waals surface area (Å²) in [5.74, 6) is -3.46. The van der Waals surface area contributed by atoms with Crippen molar-refractivity contribution >= 4 is 27.5 Å². The van der Waals surface area contributed by atoms with Crippen molar-refractivity contribution in [3.63, 3.8) is 0 Å². The molecule has 2 amide bonds. The molecule has 33 heavy (non-hydrogen) atoms. The second-order valence-electron chi connectivity index (χ2n) is 7.44. The van der Waals surface area contributed by atoms with E-state index in [1.165, 1.54) is 18.2 Å². The van der Waals surface area contributed by atoms with Crippen LogP contribution in [0.15, 0.2) is 47.4 Å². The maximum Gasteiger partial charge on any atom is 0.240 e. The molecule has 0 spiro atoms. The van der Waals surface area contributed by atoms with Crippen molar-refractivity contribution in [2.24, 2.45) is 0 Å². The standard InChI is InChI=1S/C21H23F3N4O4S/c22-15-2-1-3-16(12-15)26-20(29)14-27-8-10-28(11-9-27)21(30)6-7-25-33(31,32)17-4-5-18(23)19(24)13-17/h1-5,12-13,25H,6-11,14H2,(H,26,29). The number of hydrogen-bond donors (Lipinski definition) is 2. The topological polar surface area (TPSA) is 98.8 Å². The molecular formula is C21H23F3N4O4S. The van der Waals surface area contributed by atoms with Crippen LogP contribution >= 0.6 is 0 Å². The number of carbonyl (C=O) groups is 2. The lowest BCUT2D eigenvalue weighted by Crippen LogP contribution is -2.50. The lowest BCUT2D eigenvalue weighted by Gasteiger charge is -2.34. The number of halogens is 3. The Bertz CT molecular complexity index is 1120. The van der Waals surface area contributed by atoms with E-state index < -0.39 is 32.4 Å². The molecule has 1 aliphatic heterocycles. The van der Waals surface area contributed by atoms with Crippen molar-refractivity contribution in [2.75, 3.05) is 44.6 Å². The minimum Gasteiger partial charge on any atom is -0.340 e. The maximum absolute atomic E-state index is 13.3. The van der Waals surface area contributed by atoms with Crippen molar-refractivity contribution in [3.8, 4) is 0 Å². The molecule has 1 heterocycles. The molecule has 0 atom stereocenters. The number of piperazine rings is 1. The first-order valence-electron chi connectivity index (χ1n) is 10.1. The Morgan fingerprint density at radius 1 is 0.939 bits per heavy atom. The van der Waals surface area contributed by atoms with Crippen molar-refractivity contribution in [1.82, 2.24) is 14.5 Å². The zero-order valence-corrected chi connectivity index (χ0v) is 18.4. The molecule has 0 aromatic heterocycles. The van der Waals surface area contributed by atoms with Gasteiger partial charge < -0.3 is 10.2 Å². The molecule has 1 aliphatic rings. The summed E-state index contributed by atoms with van der Waals surface area (Å²) in [6.07, 6.45) is -0.108. The van der Waals surface area contributed by atoms with Gasteiger partial charge in [-0.1, -0.05) is 6.07 Å². The summed E-state index contributed by atoms with van der Waals surface area (Å²) >= 11 is 0. The third-order valence-corrected chi connectivity index (χ3v) is 6.49. The van der Waals surface area contributed by atoms with E-state index in [1.807, 2.05) is 4.90 Å². The van der Waals surface area contributed by atoms with E-state index >= 15 is 0 Å². The fourth-order valence-corrected chi connectivity index (χ4v) is 4.35. The van der Waals surface area contributed by atoms with Gasteiger partial charge in [-0.15, -0.1) is 0 Å². The Hall–Kier alpha value is -2.96. The minimum atomic E-state index is -4.08. The van der Waals surface area contributed by atoms with Gasteiger partial charge in [-0.2, -0.15) is 0 Å². The number of rotatable bonds is 8. The first kappa shape index (κ1) is 24.7. The zero-order chi connectivity index (χ0) is 24.0. The molecule has 12 heteroatoms. The molecule has 2 aromatic rings. The number of hydrogen-bond acceptors (Lipinski definition) is 5. The average molecular weight is 485 g/mol. The SMILES string of the molecule is O=C(CN1CCN(C(=O)CCNS(=O)(=O)c2ccc(F)c(F)c2)CC1)Nc1cccc(F)c1. The summed E-state index contributed by atoms with van der Waals surface area (Å²) in [6.45, 7) is 1.51. The highest BCUT2D eigenvalue weighted by Crippen LogP contribution is 2.14. The average Bonchev–Trinajstić information content (AvgIpc) is 2.76.